The van der Waals surface area contributed by atoms with E-state index in [4.69, 9.17) is 0 Å². The molecule has 0 bridgehead atoms. The summed E-state index contributed by atoms with van der Waals surface area (Å²) < 4.78 is 0. The zero-order valence-corrected chi connectivity index (χ0v) is 13.8. The fourth-order valence-electron chi connectivity index (χ4n) is 3.11. The number of likely N-dealkylation sites (tertiary alicyclic amines) is 1. The second-order valence-electron chi connectivity index (χ2n) is 6.46. The van der Waals surface area contributed by atoms with Crippen molar-refractivity contribution in [2.45, 2.75) is 45.6 Å². The van der Waals surface area contributed by atoms with Crippen molar-refractivity contribution in [1.29, 1.82) is 0 Å². The van der Waals surface area contributed by atoms with Crippen LogP contribution in [0.5, 0.6) is 0 Å². The van der Waals surface area contributed by atoms with Crippen LogP contribution < -0.4 is 10.6 Å². The first-order valence-corrected chi connectivity index (χ1v) is 8.51. The van der Waals surface area contributed by atoms with Crippen LogP contribution in [0, 0.1) is 5.92 Å². The van der Waals surface area contributed by atoms with Gasteiger partial charge in [0, 0.05) is 18.3 Å². The lowest BCUT2D eigenvalue weighted by Crippen LogP contribution is -2.48. The van der Waals surface area contributed by atoms with E-state index in [0.29, 0.717) is 18.5 Å². The predicted molar refractivity (Wildman–Crippen MR) is 92.1 cm³/mol. The average molecular weight is 303 g/mol. The highest BCUT2D eigenvalue weighted by atomic mass is 16.2. The molecule has 1 atom stereocenters. The molecule has 1 aliphatic rings. The van der Waals surface area contributed by atoms with Gasteiger partial charge >= 0.3 is 6.03 Å². The molecule has 2 amide bonds. The minimum atomic E-state index is -0.119. The Hall–Kier alpha value is -1.55. The summed E-state index contributed by atoms with van der Waals surface area (Å²) in [4.78, 5) is 14.6. The van der Waals surface area contributed by atoms with Gasteiger partial charge in [-0.3, -0.25) is 4.90 Å². The molecule has 0 radical (unpaired) electrons. The second-order valence-corrected chi connectivity index (χ2v) is 6.46. The molecule has 0 saturated carbocycles. The van der Waals surface area contributed by atoms with Gasteiger partial charge < -0.3 is 10.6 Å². The SMILES string of the molecule is CC(C)[C@H](CNC(=O)Nc1ccccc1)N1CCCCCC1. The van der Waals surface area contributed by atoms with Crippen LogP contribution in [0.1, 0.15) is 39.5 Å². The summed E-state index contributed by atoms with van der Waals surface area (Å²) in [6.45, 7) is 7.50. The lowest BCUT2D eigenvalue weighted by atomic mass is 10.0. The van der Waals surface area contributed by atoms with Crippen LogP contribution in [0.4, 0.5) is 10.5 Å². The molecular formula is C18H29N3O. The number of hydrogen-bond acceptors (Lipinski definition) is 2. The van der Waals surface area contributed by atoms with E-state index in [0.717, 1.165) is 18.8 Å². The summed E-state index contributed by atoms with van der Waals surface area (Å²) in [6, 6.07) is 9.87. The van der Waals surface area contributed by atoms with Crippen molar-refractivity contribution in [1.82, 2.24) is 10.2 Å². The molecule has 2 rings (SSSR count). The van der Waals surface area contributed by atoms with E-state index < -0.39 is 0 Å². The first-order valence-electron chi connectivity index (χ1n) is 8.51. The number of urea groups is 1. The first kappa shape index (κ1) is 16.8. The smallest absolute Gasteiger partial charge is 0.319 e. The number of nitrogens with one attached hydrogen (secondary N) is 2. The number of carbonyl (C=O) groups is 1. The zero-order valence-electron chi connectivity index (χ0n) is 13.8. The summed E-state index contributed by atoms with van der Waals surface area (Å²) in [5, 5.41) is 5.92. The van der Waals surface area contributed by atoms with E-state index in [1.165, 1.54) is 25.7 Å². The number of nitrogens with zero attached hydrogens (tertiary/aromatic N) is 1. The maximum Gasteiger partial charge on any atom is 0.319 e. The monoisotopic (exact) mass is 303 g/mol. The normalized spacial score (nSPS) is 17.8. The summed E-state index contributed by atoms with van der Waals surface area (Å²) in [5.41, 5.74) is 0.830. The van der Waals surface area contributed by atoms with Crippen LogP contribution in [-0.4, -0.2) is 36.6 Å². The molecule has 22 heavy (non-hydrogen) atoms. The summed E-state index contributed by atoms with van der Waals surface area (Å²) >= 11 is 0. The number of anilines is 1. The fraction of sp³-hybridized carbons (Fsp3) is 0.611. The van der Waals surface area contributed by atoms with Crippen LogP contribution in [0.25, 0.3) is 0 Å². The lowest BCUT2D eigenvalue weighted by molar-refractivity contribution is 0.158. The van der Waals surface area contributed by atoms with E-state index >= 15 is 0 Å². The van der Waals surface area contributed by atoms with Crippen LogP contribution in [0.15, 0.2) is 30.3 Å². The van der Waals surface area contributed by atoms with E-state index in [9.17, 15) is 4.79 Å². The van der Waals surface area contributed by atoms with Gasteiger partial charge in [0.25, 0.3) is 0 Å². The van der Waals surface area contributed by atoms with E-state index in [2.05, 4.69) is 29.4 Å². The Kier molecular flexibility index (Phi) is 6.72. The van der Waals surface area contributed by atoms with Crippen molar-refractivity contribution in [3.05, 3.63) is 30.3 Å². The van der Waals surface area contributed by atoms with Gasteiger partial charge in [-0.2, -0.15) is 0 Å². The number of rotatable bonds is 5. The molecular weight excluding hydrogens is 274 g/mol. The van der Waals surface area contributed by atoms with Crippen molar-refractivity contribution < 1.29 is 4.79 Å². The highest BCUT2D eigenvalue weighted by Gasteiger charge is 2.23. The highest BCUT2D eigenvalue weighted by molar-refractivity contribution is 5.89. The van der Waals surface area contributed by atoms with Gasteiger partial charge in [0.15, 0.2) is 0 Å². The summed E-state index contributed by atoms with van der Waals surface area (Å²) in [6.07, 6.45) is 5.23. The first-order chi connectivity index (χ1) is 10.7. The van der Waals surface area contributed by atoms with Crippen LogP contribution in [-0.2, 0) is 0 Å². The maximum absolute atomic E-state index is 12.0. The Morgan fingerprint density at radius 3 is 2.32 bits per heavy atom. The molecule has 122 valence electrons. The zero-order chi connectivity index (χ0) is 15.8. The molecule has 4 nitrogen and oxygen atoms in total. The molecule has 2 N–H and O–H groups in total. The quantitative estimate of drug-likeness (QED) is 0.871. The molecule has 1 aromatic rings. The van der Waals surface area contributed by atoms with Crippen molar-refractivity contribution in [3.8, 4) is 0 Å². The fourth-order valence-corrected chi connectivity index (χ4v) is 3.11. The van der Waals surface area contributed by atoms with Gasteiger partial charge in [0.05, 0.1) is 0 Å². The number of carbonyl (C=O) groups excluding carboxylic acids is 1. The Morgan fingerprint density at radius 2 is 1.73 bits per heavy atom. The number of benzene rings is 1. The largest absolute Gasteiger partial charge is 0.336 e. The molecule has 1 fully saturated rings. The maximum atomic E-state index is 12.0. The van der Waals surface area contributed by atoms with E-state index in [1.807, 2.05) is 30.3 Å². The standard InChI is InChI=1S/C18H29N3O/c1-15(2)17(21-12-8-3-4-9-13-21)14-19-18(22)20-16-10-6-5-7-11-16/h5-7,10-11,15,17H,3-4,8-9,12-14H2,1-2H3,(H2,19,20,22)/t17-/m0/s1. The minimum absolute atomic E-state index is 0.119. The number of hydrogen-bond donors (Lipinski definition) is 2. The molecule has 0 unspecified atom stereocenters. The molecule has 0 aromatic heterocycles. The third-order valence-corrected chi connectivity index (χ3v) is 4.38. The Morgan fingerprint density at radius 1 is 1.09 bits per heavy atom. The van der Waals surface area contributed by atoms with E-state index in [1.54, 1.807) is 0 Å². The van der Waals surface area contributed by atoms with Crippen molar-refractivity contribution in [2.24, 2.45) is 5.92 Å². The van der Waals surface area contributed by atoms with Crippen LogP contribution >= 0.6 is 0 Å². The number of para-hydroxylation sites is 1. The summed E-state index contributed by atoms with van der Waals surface area (Å²) in [5.74, 6) is 0.537. The van der Waals surface area contributed by atoms with Crippen LogP contribution in [0.2, 0.25) is 0 Å². The molecule has 0 aliphatic carbocycles. The molecule has 1 aromatic carbocycles. The van der Waals surface area contributed by atoms with Gasteiger partial charge in [0.1, 0.15) is 0 Å². The molecule has 0 spiro atoms. The van der Waals surface area contributed by atoms with Gasteiger partial charge in [-0.05, 0) is 44.0 Å². The second kappa shape index (κ2) is 8.79. The Balaban J connectivity index is 1.84. The number of amides is 2. The third-order valence-electron chi connectivity index (χ3n) is 4.38. The summed E-state index contributed by atoms with van der Waals surface area (Å²) in [7, 11) is 0. The van der Waals surface area contributed by atoms with Gasteiger partial charge in [0.2, 0.25) is 0 Å². The van der Waals surface area contributed by atoms with Gasteiger partial charge in [-0.1, -0.05) is 44.9 Å². The van der Waals surface area contributed by atoms with Crippen molar-refractivity contribution >= 4 is 11.7 Å². The molecule has 1 aliphatic heterocycles. The Labute approximate surface area is 134 Å². The predicted octanol–water partition coefficient (Wildman–Crippen LogP) is 3.71. The van der Waals surface area contributed by atoms with Crippen molar-refractivity contribution in [2.75, 3.05) is 25.0 Å². The lowest BCUT2D eigenvalue weighted by Gasteiger charge is -2.33. The van der Waals surface area contributed by atoms with Gasteiger partial charge in [-0.15, -0.1) is 0 Å². The Bertz CT molecular complexity index is 439. The molecule has 4 heteroatoms. The highest BCUT2D eigenvalue weighted by Crippen LogP contribution is 2.17. The van der Waals surface area contributed by atoms with E-state index in [-0.39, 0.29) is 6.03 Å². The third kappa shape index (κ3) is 5.34. The molecule has 1 heterocycles. The molecule has 1 saturated heterocycles. The van der Waals surface area contributed by atoms with Crippen molar-refractivity contribution in [3.63, 3.8) is 0 Å². The minimum Gasteiger partial charge on any atom is -0.336 e. The average Bonchev–Trinajstić information content (AvgIpc) is 2.77. The van der Waals surface area contributed by atoms with Crippen LogP contribution in [0.3, 0.4) is 0 Å². The van der Waals surface area contributed by atoms with Gasteiger partial charge in [-0.25, -0.2) is 4.79 Å². The topological polar surface area (TPSA) is 44.4 Å².